The first-order chi connectivity index (χ1) is 9.00. The summed E-state index contributed by atoms with van der Waals surface area (Å²) in [6.45, 7) is 1.38. The molecule has 0 spiro atoms. The summed E-state index contributed by atoms with van der Waals surface area (Å²) >= 11 is 1.23. The summed E-state index contributed by atoms with van der Waals surface area (Å²) in [5.74, 6) is 4.79. The van der Waals surface area contributed by atoms with Crippen LogP contribution in [0.3, 0.4) is 0 Å². The van der Waals surface area contributed by atoms with Gasteiger partial charge in [-0.3, -0.25) is 4.79 Å². The number of aliphatic hydroxyl groups excluding tert-OH is 1. The van der Waals surface area contributed by atoms with Crippen molar-refractivity contribution in [1.82, 2.24) is 5.32 Å². The number of nitrogens with one attached hydrogen (secondary N) is 1. The monoisotopic (exact) mass is 301 g/mol. The number of hydrogen-bond donors (Lipinski definition) is 2. The highest BCUT2D eigenvalue weighted by Gasteiger charge is 2.13. The molecule has 0 unspecified atom stereocenters. The van der Waals surface area contributed by atoms with Crippen molar-refractivity contribution in [3.63, 3.8) is 0 Å². The van der Waals surface area contributed by atoms with Gasteiger partial charge < -0.3 is 10.4 Å². The molecule has 1 heterocycles. The Hall–Kier alpha value is -1.36. The van der Waals surface area contributed by atoms with Crippen molar-refractivity contribution in [3.05, 3.63) is 21.9 Å². The smallest absolute Gasteiger partial charge is 0.262 e. The van der Waals surface area contributed by atoms with Crippen molar-refractivity contribution in [2.24, 2.45) is 0 Å². The number of thiophene rings is 1. The normalized spacial score (nSPS) is 10.6. The van der Waals surface area contributed by atoms with Crippen molar-refractivity contribution in [2.45, 2.75) is 6.92 Å². The van der Waals surface area contributed by atoms with Crippen molar-refractivity contribution in [1.29, 1.82) is 0 Å². The van der Waals surface area contributed by atoms with Crippen LogP contribution in [0.5, 0.6) is 0 Å². The lowest BCUT2D eigenvalue weighted by atomic mass is 10.2. The summed E-state index contributed by atoms with van der Waals surface area (Å²) in [5.41, 5.74) is 0.537. The molecule has 0 aliphatic carbocycles. The number of sulfone groups is 1. The van der Waals surface area contributed by atoms with Crippen molar-refractivity contribution in [3.8, 4) is 11.8 Å². The Bertz CT molecular complexity index is 593. The van der Waals surface area contributed by atoms with E-state index in [1.54, 1.807) is 18.4 Å². The Morgan fingerprint density at radius 1 is 1.53 bits per heavy atom. The van der Waals surface area contributed by atoms with E-state index in [1.165, 1.54) is 11.3 Å². The van der Waals surface area contributed by atoms with Gasteiger partial charge in [0.1, 0.15) is 11.5 Å². The standard InChI is InChI=1S/C12H15NO4S2/c1-2-19(16,17)9-6-13-12(15)11-10(4-3-7-14)5-8-18-11/h5,8,14H,2,6-7,9H2,1H3,(H,13,15). The molecule has 1 rings (SSSR count). The summed E-state index contributed by atoms with van der Waals surface area (Å²) in [7, 11) is -3.08. The molecule has 19 heavy (non-hydrogen) atoms. The molecule has 0 saturated carbocycles. The zero-order valence-corrected chi connectivity index (χ0v) is 12.1. The van der Waals surface area contributed by atoms with Crippen LogP contribution in [0.25, 0.3) is 0 Å². The third-order valence-electron chi connectivity index (χ3n) is 2.31. The maximum atomic E-state index is 11.8. The fraction of sp³-hybridized carbons (Fsp3) is 0.417. The molecule has 0 saturated heterocycles. The van der Waals surface area contributed by atoms with E-state index in [1.807, 2.05) is 0 Å². The van der Waals surface area contributed by atoms with E-state index in [0.29, 0.717) is 10.4 Å². The molecule has 104 valence electrons. The third kappa shape index (κ3) is 5.03. The number of carbonyl (C=O) groups excluding carboxylic acids is 1. The molecule has 0 aromatic carbocycles. The van der Waals surface area contributed by atoms with Gasteiger partial charge in [0.25, 0.3) is 5.91 Å². The van der Waals surface area contributed by atoms with Crippen LogP contribution in [-0.4, -0.2) is 44.1 Å². The number of rotatable bonds is 5. The van der Waals surface area contributed by atoms with Gasteiger partial charge in [-0.25, -0.2) is 8.42 Å². The predicted molar refractivity (Wildman–Crippen MR) is 74.9 cm³/mol. The highest BCUT2D eigenvalue weighted by Crippen LogP contribution is 2.15. The Balaban J connectivity index is 2.62. The molecule has 0 fully saturated rings. The molecule has 1 aromatic rings. The van der Waals surface area contributed by atoms with E-state index in [0.717, 1.165) is 0 Å². The van der Waals surface area contributed by atoms with Gasteiger partial charge >= 0.3 is 0 Å². The van der Waals surface area contributed by atoms with Gasteiger partial charge in [-0.1, -0.05) is 18.8 Å². The van der Waals surface area contributed by atoms with E-state index in [-0.39, 0.29) is 30.6 Å². The zero-order valence-electron chi connectivity index (χ0n) is 10.5. The third-order valence-corrected chi connectivity index (χ3v) is 4.93. The topological polar surface area (TPSA) is 83.5 Å². The molecule has 0 bridgehead atoms. The van der Waals surface area contributed by atoms with Crippen LogP contribution in [0.1, 0.15) is 22.2 Å². The van der Waals surface area contributed by atoms with Crippen LogP contribution in [-0.2, 0) is 9.84 Å². The number of hydrogen-bond acceptors (Lipinski definition) is 5. The fourth-order valence-electron chi connectivity index (χ4n) is 1.26. The highest BCUT2D eigenvalue weighted by molar-refractivity contribution is 7.91. The average Bonchev–Trinajstić information content (AvgIpc) is 2.84. The fourth-order valence-corrected chi connectivity index (χ4v) is 2.73. The van der Waals surface area contributed by atoms with Crippen LogP contribution in [0.4, 0.5) is 0 Å². The lowest BCUT2D eigenvalue weighted by molar-refractivity contribution is 0.0960. The minimum atomic E-state index is -3.08. The van der Waals surface area contributed by atoms with Gasteiger partial charge in [0, 0.05) is 17.9 Å². The lowest BCUT2D eigenvalue weighted by Crippen LogP contribution is -2.29. The summed E-state index contributed by atoms with van der Waals surface area (Å²) < 4.78 is 22.6. The van der Waals surface area contributed by atoms with Gasteiger partial charge in [0.05, 0.1) is 5.75 Å². The molecule has 2 N–H and O–H groups in total. The molecular formula is C12H15NO4S2. The molecule has 0 aliphatic rings. The van der Waals surface area contributed by atoms with E-state index in [9.17, 15) is 13.2 Å². The first kappa shape index (κ1) is 15.7. The summed E-state index contributed by atoms with van der Waals surface area (Å²) in [6.07, 6.45) is 0. The number of carbonyl (C=O) groups is 1. The first-order valence-corrected chi connectivity index (χ1v) is 8.36. The second-order valence-electron chi connectivity index (χ2n) is 3.62. The van der Waals surface area contributed by atoms with E-state index in [2.05, 4.69) is 17.2 Å². The minimum Gasteiger partial charge on any atom is -0.384 e. The van der Waals surface area contributed by atoms with Crippen LogP contribution in [0.2, 0.25) is 0 Å². The molecule has 0 atom stereocenters. The minimum absolute atomic E-state index is 0.0646. The van der Waals surface area contributed by atoms with E-state index >= 15 is 0 Å². The Labute approximate surface area is 116 Å². The van der Waals surface area contributed by atoms with Crippen LogP contribution < -0.4 is 5.32 Å². The van der Waals surface area contributed by atoms with Crippen molar-refractivity contribution in [2.75, 3.05) is 24.7 Å². The second kappa shape index (κ2) is 7.28. The average molecular weight is 301 g/mol. The molecule has 7 heteroatoms. The highest BCUT2D eigenvalue weighted by atomic mass is 32.2. The lowest BCUT2D eigenvalue weighted by Gasteiger charge is -2.04. The predicted octanol–water partition coefficient (Wildman–Crippen LogP) is 0.256. The van der Waals surface area contributed by atoms with Gasteiger partial charge in [0.2, 0.25) is 0 Å². The maximum absolute atomic E-state index is 11.8. The molecule has 1 amide bonds. The number of amides is 1. The molecule has 0 radical (unpaired) electrons. The van der Waals surface area contributed by atoms with Gasteiger partial charge in [0.15, 0.2) is 9.84 Å². The Morgan fingerprint density at radius 3 is 2.89 bits per heavy atom. The molecule has 0 aliphatic heterocycles. The first-order valence-electron chi connectivity index (χ1n) is 5.66. The Kier molecular flexibility index (Phi) is 6.02. The van der Waals surface area contributed by atoms with Crippen molar-refractivity contribution < 1.29 is 18.3 Å². The van der Waals surface area contributed by atoms with Crippen LogP contribution >= 0.6 is 11.3 Å². The van der Waals surface area contributed by atoms with Crippen molar-refractivity contribution >= 4 is 27.1 Å². The SMILES string of the molecule is CCS(=O)(=O)CCNC(=O)c1sccc1C#CCO. The van der Waals surface area contributed by atoms with Gasteiger partial charge in [-0.05, 0) is 11.4 Å². The van der Waals surface area contributed by atoms with Gasteiger partial charge in [-0.2, -0.15) is 0 Å². The largest absolute Gasteiger partial charge is 0.384 e. The van der Waals surface area contributed by atoms with E-state index in [4.69, 9.17) is 5.11 Å². The zero-order chi connectivity index (χ0) is 14.3. The molecule has 5 nitrogen and oxygen atoms in total. The van der Waals surface area contributed by atoms with E-state index < -0.39 is 9.84 Å². The number of aliphatic hydroxyl groups is 1. The van der Waals surface area contributed by atoms with Crippen LogP contribution in [0.15, 0.2) is 11.4 Å². The molecular weight excluding hydrogens is 286 g/mol. The summed E-state index contributed by atoms with van der Waals surface area (Å²) in [6, 6.07) is 1.69. The Morgan fingerprint density at radius 2 is 2.26 bits per heavy atom. The molecule has 1 aromatic heterocycles. The van der Waals surface area contributed by atoms with Crippen LogP contribution in [0, 0.1) is 11.8 Å². The quantitative estimate of drug-likeness (QED) is 0.764. The maximum Gasteiger partial charge on any atom is 0.262 e. The second-order valence-corrected chi connectivity index (χ2v) is 7.00. The van der Waals surface area contributed by atoms with Gasteiger partial charge in [-0.15, -0.1) is 11.3 Å². The summed E-state index contributed by atoms with van der Waals surface area (Å²) in [5, 5.41) is 12.9. The summed E-state index contributed by atoms with van der Waals surface area (Å²) in [4.78, 5) is 12.3.